The molecule has 0 amide bonds. The summed E-state index contributed by atoms with van der Waals surface area (Å²) in [5, 5.41) is 3.46. The standard InChI is InChI=1S/C27H22FN.C15H13Br.C12H10FN/c1-27(2)22-12-7-6-11-21(22)26-23(27)13-8-14-25(26)29-19-15-16-20(24(28)17-19)18-9-4-3-5-10-18;1-15(2)11-7-4-3-6-10(11)14-12(15)8-5-9-13(14)16;13-12-8-10(14)6-7-11(12)9-4-2-1-3-5-9/h3-17,29H,1-2H3;3-9H,1-2H3;1-8H,14H2. The maximum absolute atomic E-state index is 14.8. The van der Waals surface area contributed by atoms with E-state index in [0.29, 0.717) is 16.8 Å². The minimum atomic E-state index is -0.281. The van der Waals surface area contributed by atoms with Gasteiger partial charge < -0.3 is 11.1 Å². The average molecular weight is 840 g/mol. The van der Waals surface area contributed by atoms with E-state index in [0.717, 1.165) is 22.5 Å². The molecular formula is C54H45BrF2N2. The summed E-state index contributed by atoms with van der Waals surface area (Å²) in [5.74, 6) is -0.509. The van der Waals surface area contributed by atoms with Gasteiger partial charge in [-0.1, -0.05) is 177 Å². The predicted molar refractivity (Wildman–Crippen MR) is 247 cm³/mol. The van der Waals surface area contributed by atoms with Crippen LogP contribution in [-0.4, -0.2) is 0 Å². The van der Waals surface area contributed by atoms with Crippen LogP contribution in [0, 0.1) is 11.6 Å². The molecular weight excluding hydrogens is 795 g/mol. The lowest BCUT2D eigenvalue weighted by molar-refractivity contribution is 0.631. The summed E-state index contributed by atoms with van der Waals surface area (Å²) >= 11 is 3.67. The molecule has 0 fully saturated rings. The van der Waals surface area contributed by atoms with Crippen LogP contribution in [0.2, 0.25) is 0 Å². The van der Waals surface area contributed by atoms with Gasteiger partial charge in [0.2, 0.25) is 0 Å². The molecule has 0 radical (unpaired) electrons. The molecule has 0 aliphatic heterocycles. The van der Waals surface area contributed by atoms with Gasteiger partial charge in [-0.05, 0) is 93.0 Å². The second-order valence-corrected chi connectivity index (χ2v) is 16.9. The molecule has 0 saturated carbocycles. The maximum Gasteiger partial charge on any atom is 0.133 e. The first-order chi connectivity index (χ1) is 28.4. The number of hydrogen-bond acceptors (Lipinski definition) is 2. The third kappa shape index (κ3) is 7.59. The van der Waals surface area contributed by atoms with Crippen LogP contribution in [0.1, 0.15) is 49.9 Å². The molecule has 0 spiro atoms. The van der Waals surface area contributed by atoms with E-state index in [9.17, 15) is 8.78 Å². The van der Waals surface area contributed by atoms with E-state index in [-0.39, 0.29) is 22.5 Å². The number of nitrogens with one attached hydrogen (secondary N) is 1. The first kappa shape index (κ1) is 39.5. The Kier molecular flexibility index (Phi) is 10.8. The summed E-state index contributed by atoms with van der Waals surface area (Å²) < 4.78 is 29.5. The SMILES string of the molecule is CC1(C)c2ccccc2-c2c(Br)cccc21.CC1(C)c2ccccc2-c2c(Nc3ccc(-c4ccccc4)c(F)c3)cccc21.Nc1ccc(-c2ccccc2)c(F)c1. The van der Waals surface area contributed by atoms with Gasteiger partial charge in [0.1, 0.15) is 11.6 Å². The number of nitrogens with two attached hydrogens (primary N) is 1. The molecule has 0 aromatic heterocycles. The normalized spacial score (nSPS) is 13.3. The minimum Gasteiger partial charge on any atom is -0.399 e. The monoisotopic (exact) mass is 838 g/mol. The Bertz CT molecular complexity index is 2790. The molecule has 2 aliphatic carbocycles. The lowest BCUT2D eigenvalue weighted by atomic mass is 9.82. The van der Waals surface area contributed by atoms with Crippen molar-refractivity contribution in [2.75, 3.05) is 11.1 Å². The summed E-state index contributed by atoms with van der Waals surface area (Å²) in [6.07, 6.45) is 0. The van der Waals surface area contributed by atoms with Crippen molar-refractivity contribution in [2.45, 2.75) is 38.5 Å². The molecule has 2 nitrogen and oxygen atoms in total. The van der Waals surface area contributed by atoms with E-state index < -0.39 is 0 Å². The zero-order chi connectivity index (χ0) is 41.3. The van der Waals surface area contributed by atoms with Crippen LogP contribution in [0.5, 0.6) is 0 Å². The van der Waals surface area contributed by atoms with Crippen molar-refractivity contribution in [3.05, 3.63) is 220 Å². The number of fused-ring (bicyclic) bond motifs is 6. The maximum atomic E-state index is 14.8. The Morgan fingerprint density at radius 2 is 0.898 bits per heavy atom. The third-order valence-corrected chi connectivity index (χ3v) is 12.2. The number of benzene rings is 8. The van der Waals surface area contributed by atoms with E-state index in [1.54, 1.807) is 18.2 Å². The summed E-state index contributed by atoms with van der Waals surface area (Å²) in [7, 11) is 0. The highest BCUT2D eigenvalue weighted by atomic mass is 79.9. The van der Waals surface area contributed by atoms with Gasteiger partial charge in [-0.3, -0.25) is 0 Å². The molecule has 0 heterocycles. The number of anilines is 3. The Labute approximate surface area is 354 Å². The topological polar surface area (TPSA) is 38.0 Å². The Morgan fingerprint density at radius 1 is 0.441 bits per heavy atom. The summed E-state index contributed by atoms with van der Waals surface area (Å²) in [4.78, 5) is 0. The molecule has 8 aromatic rings. The lowest BCUT2D eigenvalue weighted by Gasteiger charge is -2.21. The van der Waals surface area contributed by atoms with Crippen LogP contribution < -0.4 is 11.1 Å². The van der Waals surface area contributed by atoms with Gasteiger partial charge in [0.25, 0.3) is 0 Å². The van der Waals surface area contributed by atoms with Gasteiger partial charge in [-0.15, -0.1) is 0 Å². The molecule has 10 rings (SSSR count). The van der Waals surface area contributed by atoms with E-state index in [1.807, 2.05) is 72.8 Å². The van der Waals surface area contributed by atoms with E-state index in [1.165, 1.54) is 55.0 Å². The van der Waals surface area contributed by atoms with Gasteiger partial charge in [0, 0.05) is 54.6 Å². The largest absolute Gasteiger partial charge is 0.399 e. The predicted octanol–water partition coefficient (Wildman–Crippen LogP) is 15.4. The van der Waals surface area contributed by atoms with Gasteiger partial charge in [-0.25, -0.2) is 8.78 Å². The molecule has 0 unspecified atom stereocenters. The van der Waals surface area contributed by atoms with Crippen molar-refractivity contribution in [1.82, 2.24) is 0 Å². The van der Waals surface area contributed by atoms with E-state index in [2.05, 4.69) is 134 Å². The number of hydrogen-bond donors (Lipinski definition) is 2. The lowest BCUT2D eigenvalue weighted by Crippen LogP contribution is -2.14. The highest BCUT2D eigenvalue weighted by molar-refractivity contribution is 9.10. The zero-order valence-electron chi connectivity index (χ0n) is 33.5. The van der Waals surface area contributed by atoms with Crippen LogP contribution in [-0.2, 0) is 10.8 Å². The minimum absolute atomic E-state index is 0.0496. The second kappa shape index (κ2) is 16.2. The van der Waals surface area contributed by atoms with Crippen LogP contribution in [0.25, 0.3) is 44.5 Å². The van der Waals surface area contributed by atoms with Crippen molar-refractivity contribution >= 4 is 33.0 Å². The summed E-state index contributed by atoms with van der Waals surface area (Å²) in [5.41, 5.74) is 21.3. The van der Waals surface area contributed by atoms with Crippen LogP contribution in [0.15, 0.2) is 186 Å². The van der Waals surface area contributed by atoms with Crippen molar-refractivity contribution < 1.29 is 8.78 Å². The fraction of sp³-hybridized carbons (Fsp3) is 0.111. The summed E-state index contributed by atoms with van der Waals surface area (Å²) in [6, 6.07) is 59.2. The first-order valence-electron chi connectivity index (χ1n) is 19.8. The number of nitrogen functional groups attached to an aromatic ring is 1. The van der Waals surface area contributed by atoms with Gasteiger partial charge in [-0.2, -0.15) is 0 Å². The highest BCUT2D eigenvalue weighted by Gasteiger charge is 2.37. The fourth-order valence-corrected chi connectivity index (χ4v) is 9.13. The molecule has 59 heavy (non-hydrogen) atoms. The number of rotatable bonds is 4. The molecule has 292 valence electrons. The van der Waals surface area contributed by atoms with Crippen LogP contribution in [0.3, 0.4) is 0 Å². The molecule has 2 aliphatic rings. The van der Waals surface area contributed by atoms with E-state index in [4.69, 9.17) is 5.73 Å². The van der Waals surface area contributed by atoms with Gasteiger partial charge in [0.15, 0.2) is 0 Å². The molecule has 0 atom stereocenters. The van der Waals surface area contributed by atoms with Gasteiger partial charge in [0.05, 0.1) is 0 Å². The zero-order valence-corrected chi connectivity index (χ0v) is 35.1. The smallest absolute Gasteiger partial charge is 0.133 e. The molecule has 0 bridgehead atoms. The number of halogens is 3. The summed E-state index contributed by atoms with van der Waals surface area (Å²) in [6.45, 7) is 9.11. The highest BCUT2D eigenvalue weighted by Crippen LogP contribution is 2.52. The fourth-order valence-electron chi connectivity index (χ4n) is 8.55. The van der Waals surface area contributed by atoms with E-state index >= 15 is 0 Å². The molecule has 3 N–H and O–H groups in total. The molecule has 8 aromatic carbocycles. The van der Waals surface area contributed by atoms with Crippen molar-refractivity contribution in [3.8, 4) is 44.5 Å². The van der Waals surface area contributed by atoms with Crippen LogP contribution >= 0.6 is 15.9 Å². The van der Waals surface area contributed by atoms with Crippen molar-refractivity contribution in [1.29, 1.82) is 0 Å². The van der Waals surface area contributed by atoms with Crippen molar-refractivity contribution in [3.63, 3.8) is 0 Å². The van der Waals surface area contributed by atoms with Gasteiger partial charge >= 0.3 is 0 Å². The Balaban J connectivity index is 0.000000136. The molecule has 5 heteroatoms. The third-order valence-electron chi connectivity index (χ3n) is 11.6. The Morgan fingerprint density at radius 3 is 1.46 bits per heavy atom. The Hall–Kier alpha value is -6.30. The van der Waals surface area contributed by atoms with Crippen molar-refractivity contribution in [2.24, 2.45) is 0 Å². The quantitative estimate of drug-likeness (QED) is 0.173. The average Bonchev–Trinajstić information content (AvgIpc) is 3.63. The first-order valence-corrected chi connectivity index (χ1v) is 20.6. The molecule has 0 saturated heterocycles. The van der Waals surface area contributed by atoms with Crippen LogP contribution in [0.4, 0.5) is 25.8 Å². The second-order valence-electron chi connectivity index (χ2n) is 16.0.